The van der Waals surface area contributed by atoms with Crippen molar-refractivity contribution in [2.75, 3.05) is 32.1 Å². The van der Waals surface area contributed by atoms with Crippen LogP contribution in [0.25, 0.3) is 10.9 Å². The normalized spacial score (nSPS) is 14.4. The van der Waals surface area contributed by atoms with Crippen LogP contribution in [0.15, 0.2) is 54.7 Å². The first-order chi connectivity index (χ1) is 12.1. The molecule has 4 rings (SSSR count). The predicted octanol–water partition coefficient (Wildman–Crippen LogP) is 2.94. The Kier molecular flexibility index (Phi) is 3.84. The Labute approximate surface area is 146 Å². The number of para-hydroxylation sites is 1. The van der Waals surface area contributed by atoms with E-state index >= 15 is 0 Å². The van der Waals surface area contributed by atoms with Crippen LogP contribution in [0, 0.1) is 0 Å². The number of amides is 1. The Hall–Kier alpha value is -2.95. The fourth-order valence-corrected chi connectivity index (χ4v) is 3.12. The van der Waals surface area contributed by atoms with Crippen LogP contribution in [0.5, 0.6) is 0 Å². The highest BCUT2D eigenvalue weighted by Crippen LogP contribution is 2.28. The van der Waals surface area contributed by atoms with Crippen molar-refractivity contribution in [3.8, 4) is 0 Å². The highest BCUT2D eigenvalue weighted by Gasteiger charge is 2.33. The molecule has 1 aliphatic heterocycles. The summed E-state index contributed by atoms with van der Waals surface area (Å²) in [6.07, 6.45) is 1.69. The molecule has 3 heterocycles. The number of hydrogen-bond acceptors (Lipinski definition) is 4. The van der Waals surface area contributed by atoms with Crippen LogP contribution in [0.4, 0.5) is 5.82 Å². The minimum atomic E-state index is 0.0579. The smallest absolute Gasteiger partial charge is 0.254 e. The number of pyridine rings is 2. The van der Waals surface area contributed by atoms with E-state index in [4.69, 9.17) is 4.98 Å². The largest absolute Gasteiger partial charge is 0.363 e. The standard InChI is InChI=1S/C20H20N4O/c1-23(2)19-11-15(9-10-21-19)20(25)24-12-16(13-24)18-8-7-14-5-3-4-6-17(14)22-18/h3-11,16H,12-13H2,1-2H3. The second kappa shape index (κ2) is 6.16. The number of likely N-dealkylation sites (tertiary alicyclic amines) is 1. The highest BCUT2D eigenvalue weighted by atomic mass is 16.2. The predicted molar refractivity (Wildman–Crippen MR) is 99.0 cm³/mol. The van der Waals surface area contributed by atoms with E-state index in [0.29, 0.717) is 24.6 Å². The van der Waals surface area contributed by atoms with Gasteiger partial charge in [-0.25, -0.2) is 4.98 Å². The number of benzene rings is 1. The number of anilines is 1. The third kappa shape index (κ3) is 2.93. The van der Waals surface area contributed by atoms with Crippen LogP contribution >= 0.6 is 0 Å². The summed E-state index contributed by atoms with van der Waals surface area (Å²) in [5.74, 6) is 1.16. The van der Waals surface area contributed by atoms with E-state index in [-0.39, 0.29) is 5.91 Å². The van der Waals surface area contributed by atoms with Crippen molar-refractivity contribution in [1.29, 1.82) is 0 Å². The Bertz CT molecular complexity index is 932. The van der Waals surface area contributed by atoms with Gasteiger partial charge in [-0.2, -0.15) is 0 Å². The van der Waals surface area contributed by atoms with Crippen LogP contribution in [-0.2, 0) is 0 Å². The average Bonchev–Trinajstić information content (AvgIpc) is 2.60. The van der Waals surface area contributed by atoms with E-state index < -0.39 is 0 Å². The van der Waals surface area contributed by atoms with Gasteiger partial charge in [0.2, 0.25) is 0 Å². The molecule has 1 aliphatic rings. The second-order valence-corrected chi connectivity index (χ2v) is 6.63. The molecule has 5 nitrogen and oxygen atoms in total. The molecular weight excluding hydrogens is 312 g/mol. The molecule has 0 spiro atoms. The van der Waals surface area contributed by atoms with Crippen molar-refractivity contribution in [2.45, 2.75) is 5.92 Å². The van der Waals surface area contributed by atoms with Gasteiger partial charge >= 0.3 is 0 Å². The Morgan fingerprint density at radius 1 is 1.12 bits per heavy atom. The zero-order chi connectivity index (χ0) is 17.4. The highest BCUT2D eigenvalue weighted by molar-refractivity contribution is 5.95. The number of fused-ring (bicyclic) bond motifs is 1. The molecule has 3 aromatic rings. The minimum absolute atomic E-state index is 0.0579. The topological polar surface area (TPSA) is 49.3 Å². The van der Waals surface area contributed by atoms with E-state index in [1.54, 1.807) is 12.3 Å². The van der Waals surface area contributed by atoms with Crippen LogP contribution in [0.2, 0.25) is 0 Å². The Morgan fingerprint density at radius 2 is 1.92 bits per heavy atom. The molecule has 25 heavy (non-hydrogen) atoms. The van der Waals surface area contributed by atoms with Gasteiger partial charge in [0.15, 0.2) is 0 Å². The lowest BCUT2D eigenvalue weighted by molar-refractivity contribution is 0.0599. The average molecular weight is 332 g/mol. The van der Waals surface area contributed by atoms with Gasteiger partial charge in [-0.05, 0) is 24.3 Å². The van der Waals surface area contributed by atoms with Crippen molar-refractivity contribution in [1.82, 2.24) is 14.9 Å². The van der Waals surface area contributed by atoms with Gasteiger partial charge in [0, 0.05) is 55.9 Å². The summed E-state index contributed by atoms with van der Waals surface area (Å²) in [6, 6.07) is 15.9. The molecule has 0 saturated carbocycles. The van der Waals surface area contributed by atoms with Gasteiger partial charge in [0.05, 0.1) is 5.52 Å². The van der Waals surface area contributed by atoms with Crippen LogP contribution in [-0.4, -0.2) is 48.0 Å². The van der Waals surface area contributed by atoms with Gasteiger partial charge in [0.25, 0.3) is 5.91 Å². The molecule has 0 atom stereocenters. The third-order valence-electron chi connectivity index (χ3n) is 4.66. The lowest BCUT2D eigenvalue weighted by Gasteiger charge is -2.39. The zero-order valence-electron chi connectivity index (χ0n) is 14.4. The van der Waals surface area contributed by atoms with Crippen molar-refractivity contribution in [2.24, 2.45) is 0 Å². The fraction of sp³-hybridized carbons (Fsp3) is 0.250. The SMILES string of the molecule is CN(C)c1cc(C(=O)N2CC(c3ccc4ccccc4n3)C2)ccn1. The van der Waals surface area contributed by atoms with E-state index in [1.165, 1.54) is 0 Å². The first-order valence-electron chi connectivity index (χ1n) is 8.40. The lowest BCUT2D eigenvalue weighted by atomic mass is 9.94. The van der Waals surface area contributed by atoms with Crippen LogP contribution < -0.4 is 4.90 Å². The molecule has 1 saturated heterocycles. The van der Waals surface area contributed by atoms with E-state index in [1.807, 2.05) is 48.2 Å². The van der Waals surface area contributed by atoms with Gasteiger partial charge in [-0.15, -0.1) is 0 Å². The van der Waals surface area contributed by atoms with Crippen molar-refractivity contribution in [3.63, 3.8) is 0 Å². The Morgan fingerprint density at radius 3 is 2.72 bits per heavy atom. The first kappa shape index (κ1) is 15.6. The van der Waals surface area contributed by atoms with Gasteiger partial charge in [-0.3, -0.25) is 9.78 Å². The molecular formula is C20H20N4O. The minimum Gasteiger partial charge on any atom is -0.363 e. The molecule has 0 radical (unpaired) electrons. The maximum atomic E-state index is 12.7. The van der Waals surface area contributed by atoms with Crippen LogP contribution in [0.1, 0.15) is 22.0 Å². The molecule has 0 N–H and O–H groups in total. The van der Waals surface area contributed by atoms with Crippen LogP contribution in [0.3, 0.4) is 0 Å². The number of aromatic nitrogens is 2. The molecule has 1 aromatic carbocycles. The van der Waals surface area contributed by atoms with E-state index in [9.17, 15) is 4.79 Å². The number of rotatable bonds is 3. The number of carbonyl (C=O) groups excluding carboxylic acids is 1. The summed E-state index contributed by atoms with van der Waals surface area (Å²) >= 11 is 0. The maximum Gasteiger partial charge on any atom is 0.254 e. The summed E-state index contributed by atoms with van der Waals surface area (Å²) in [7, 11) is 3.84. The fourth-order valence-electron chi connectivity index (χ4n) is 3.12. The number of nitrogens with zero attached hydrogens (tertiary/aromatic N) is 4. The second-order valence-electron chi connectivity index (χ2n) is 6.63. The number of carbonyl (C=O) groups is 1. The van der Waals surface area contributed by atoms with E-state index in [0.717, 1.165) is 22.4 Å². The Balaban J connectivity index is 1.47. The lowest BCUT2D eigenvalue weighted by Crippen LogP contribution is -2.48. The molecule has 0 bridgehead atoms. The summed E-state index contributed by atoms with van der Waals surface area (Å²) in [4.78, 5) is 25.4. The summed E-state index contributed by atoms with van der Waals surface area (Å²) in [5.41, 5.74) is 2.75. The molecule has 0 aliphatic carbocycles. The summed E-state index contributed by atoms with van der Waals surface area (Å²) < 4.78 is 0. The maximum absolute atomic E-state index is 12.7. The number of hydrogen-bond donors (Lipinski definition) is 0. The van der Waals surface area contributed by atoms with Gasteiger partial charge in [0.1, 0.15) is 5.82 Å². The van der Waals surface area contributed by atoms with Gasteiger partial charge < -0.3 is 9.80 Å². The van der Waals surface area contributed by atoms with Crippen molar-refractivity contribution >= 4 is 22.6 Å². The molecule has 126 valence electrons. The van der Waals surface area contributed by atoms with Crippen molar-refractivity contribution in [3.05, 3.63) is 66.0 Å². The summed E-state index contributed by atoms with van der Waals surface area (Å²) in [6.45, 7) is 1.42. The third-order valence-corrected chi connectivity index (χ3v) is 4.66. The first-order valence-corrected chi connectivity index (χ1v) is 8.40. The quantitative estimate of drug-likeness (QED) is 0.740. The summed E-state index contributed by atoms with van der Waals surface area (Å²) in [5, 5.41) is 1.14. The molecule has 5 heteroatoms. The van der Waals surface area contributed by atoms with E-state index in [2.05, 4.69) is 23.2 Å². The zero-order valence-corrected chi connectivity index (χ0v) is 14.4. The molecule has 0 unspecified atom stereocenters. The van der Waals surface area contributed by atoms with Gasteiger partial charge in [-0.1, -0.05) is 24.3 Å². The monoisotopic (exact) mass is 332 g/mol. The molecule has 1 fully saturated rings. The molecule has 1 amide bonds. The molecule has 2 aromatic heterocycles. The van der Waals surface area contributed by atoms with Crippen molar-refractivity contribution < 1.29 is 4.79 Å².